The van der Waals surface area contributed by atoms with Crippen LogP contribution < -0.4 is 0 Å². The Morgan fingerprint density at radius 2 is 2.17 bits per heavy atom. The predicted molar refractivity (Wildman–Crippen MR) is 47.7 cm³/mol. The second kappa shape index (κ2) is 2.77. The number of rotatable bonds is 3. The maximum absolute atomic E-state index is 10.7. The van der Waals surface area contributed by atoms with Crippen molar-refractivity contribution in [3.63, 3.8) is 0 Å². The summed E-state index contributed by atoms with van der Waals surface area (Å²) in [4.78, 5) is 10.7. The summed E-state index contributed by atoms with van der Waals surface area (Å²) in [5.41, 5.74) is -0.0780. The number of carboxylic acids is 1. The van der Waals surface area contributed by atoms with Gasteiger partial charge in [-0.25, -0.2) is 0 Å². The lowest BCUT2D eigenvalue weighted by Gasteiger charge is -1.95. The maximum Gasteiger partial charge on any atom is 0.307 e. The number of hydrogen-bond donors (Lipinski definition) is 1. The van der Waals surface area contributed by atoms with Gasteiger partial charge in [-0.1, -0.05) is 38.7 Å². The Kier molecular flexibility index (Phi) is 2.09. The summed E-state index contributed by atoms with van der Waals surface area (Å²) in [7, 11) is 0. The Labute approximate surface area is 72.6 Å². The van der Waals surface area contributed by atoms with Crippen molar-refractivity contribution in [1.29, 1.82) is 0 Å². The molecule has 0 radical (unpaired) electrons. The first-order chi connectivity index (χ1) is 5.51. The van der Waals surface area contributed by atoms with Gasteiger partial charge in [0, 0.05) is 0 Å². The summed E-state index contributed by atoms with van der Waals surface area (Å²) in [6.45, 7) is 7.50. The van der Waals surface area contributed by atoms with Gasteiger partial charge >= 0.3 is 5.97 Å². The SMILES string of the molecule is C=CC=CC1C(C(=O)O)C1(C)C. The largest absolute Gasteiger partial charge is 0.481 e. The molecule has 1 aliphatic rings. The quantitative estimate of drug-likeness (QED) is 0.652. The molecule has 2 unspecified atom stereocenters. The highest BCUT2D eigenvalue weighted by Gasteiger charge is 2.60. The summed E-state index contributed by atoms with van der Waals surface area (Å²) in [6, 6.07) is 0. The van der Waals surface area contributed by atoms with Gasteiger partial charge in [0.1, 0.15) is 0 Å². The molecule has 0 aliphatic heterocycles. The average Bonchev–Trinajstić information content (AvgIpc) is 2.49. The molecule has 2 atom stereocenters. The highest BCUT2D eigenvalue weighted by atomic mass is 16.4. The van der Waals surface area contributed by atoms with Gasteiger partial charge in [0.15, 0.2) is 0 Å². The third-order valence-electron chi connectivity index (χ3n) is 2.63. The molecule has 0 aromatic heterocycles. The first-order valence-corrected chi connectivity index (χ1v) is 4.04. The van der Waals surface area contributed by atoms with Crippen LogP contribution in [0.5, 0.6) is 0 Å². The molecule has 1 saturated carbocycles. The van der Waals surface area contributed by atoms with E-state index in [9.17, 15) is 4.79 Å². The van der Waals surface area contributed by atoms with Crippen LogP contribution in [0.1, 0.15) is 13.8 Å². The van der Waals surface area contributed by atoms with E-state index in [1.807, 2.05) is 26.0 Å². The average molecular weight is 166 g/mol. The summed E-state index contributed by atoms with van der Waals surface area (Å²) < 4.78 is 0. The van der Waals surface area contributed by atoms with E-state index in [-0.39, 0.29) is 17.3 Å². The van der Waals surface area contributed by atoms with E-state index in [0.717, 1.165) is 0 Å². The summed E-state index contributed by atoms with van der Waals surface area (Å²) in [5.74, 6) is -0.736. The highest BCUT2D eigenvalue weighted by molar-refractivity contribution is 5.76. The fourth-order valence-electron chi connectivity index (χ4n) is 1.71. The fourth-order valence-corrected chi connectivity index (χ4v) is 1.71. The molecule has 0 spiro atoms. The minimum Gasteiger partial charge on any atom is -0.481 e. The van der Waals surface area contributed by atoms with Crippen LogP contribution in [0.3, 0.4) is 0 Å². The zero-order valence-electron chi connectivity index (χ0n) is 7.45. The predicted octanol–water partition coefficient (Wildman–Crippen LogP) is 2.09. The second-order valence-electron chi connectivity index (χ2n) is 3.78. The molecular formula is C10H14O2. The standard InChI is InChI=1S/C10H14O2/c1-4-5-6-7-8(9(11)12)10(7,2)3/h4-8H,1H2,2-3H3,(H,11,12). The van der Waals surface area contributed by atoms with E-state index in [0.29, 0.717) is 0 Å². The second-order valence-corrected chi connectivity index (χ2v) is 3.78. The van der Waals surface area contributed by atoms with E-state index in [1.165, 1.54) is 0 Å². The molecule has 0 aromatic carbocycles. The van der Waals surface area contributed by atoms with Crippen LogP contribution in [0.15, 0.2) is 24.8 Å². The molecule has 1 aliphatic carbocycles. The molecular weight excluding hydrogens is 152 g/mol. The summed E-state index contributed by atoms with van der Waals surface area (Å²) in [5, 5.41) is 8.80. The van der Waals surface area contributed by atoms with Gasteiger partial charge in [0.05, 0.1) is 5.92 Å². The van der Waals surface area contributed by atoms with Crippen molar-refractivity contribution in [2.24, 2.45) is 17.3 Å². The lowest BCUT2D eigenvalue weighted by molar-refractivity contribution is -0.139. The van der Waals surface area contributed by atoms with Gasteiger partial charge in [0.2, 0.25) is 0 Å². The third kappa shape index (κ3) is 1.29. The van der Waals surface area contributed by atoms with Crippen molar-refractivity contribution in [1.82, 2.24) is 0 Å². The molecule has 1 N–H and O–H groups in total. The van der Waals surface area contributed by atoms with E-state index in [4.69, 9.17) is 5.11 Å². The smallest absolute Gasteiger partial charge is 0.307 e. The zero-order valence-corrected chi connectivity index (χ0v) is 7.45. The molecule has 66 valence electrons. The van der Waals surface area contributed by atoms with Crippen LogP contribution in [-0.4, -0.2) is 11.1 Å². The van der Waals surface area contributed by atoms with E-state index < -0.39 is 5.97 Å². The van der Waals surface area contributed by atoms with Gasteiger partial charge in [0.25, 0.3) is 0 Å². The Morgan fingerprint density at radius 3 is 2.50 bits per heavy atom. The Balaban J connectivity index is 2.66. The number of carbonyl (C=O) groups is 1. The monoisotopic (exact) mass is 166 g/mol. The van der Waals surface area contributed by atoms with Crippen molar-refractivity contribution < 1.29 is 9.90 Å². The molecule has 0 heterocycles. The summed E-state index contributed by atoms with van der Waals surface area (Å²) in [6.07, 6.45) is 5.41. The number of carboxylic acid groups (broad SMARTS) is 1. The number of hydrogen-bond acceptors (Lipinski definition) is 1. The van der Waals surface area contributed by atoms with Crippen LogP contribution in [0.2, 0.25) is 0 Å². The lowest BCUT2D eigenvalue weighted by Crippen LogP contribution is -2.02. The zero-order chi connectivity index (χ0) is 9.35. The van der Waals surface area contributed by atoms with Crippen molar-refractivity contribution in [3.8, 4) is 0 Å². The molecule has 0 amide bonds. The molecule has 1 rings (SSSR count). The normalized spacial score (nSPS) is 31.8. The summed E-state index contributed by atoms with van der Waals surface area (Å²) >= 11 is 0. The van der Waals surface area contributed by atoms with E-state index >= 15 is 0 Å². The first kappa shape index (κ1) is 9.04. The van der Waals surface area contributed by atoms with E-state index in [1.54, 1.807) is 6.08 Å². The van der Waals surface area contributed by atoms with Crippen molar-refractivity contribution >= 4 is 5.97 Å². The minimum absolute atomic E-state index is 0.0780. The third-order valence-corrected chi connectivity index (χ3v) is 2.63. The van der Waals surface area contributed by atoms with Crippen molar-refractivity contribution in [2.75, 3.05) is 0 Å². The first-order valence-electron chi connectivity index (χ1n) is 4.04. The van der Waals surface area contributed by atoms with Crippen LogP contribution in [-0.2, 0) is 4.79 Å². The lowest BCUT2D eigenvalue weighted by atomic mass is 10.1. The molecule has 0 saturated heterocycles. The van der Waals surface area contributed by atoms with Crippen LogP contribution >= 0.6 is 0 Å². The topological polar surface area (TPSA) is 37.3 Å². The molecule has 2 nitrogen and oxygen atoms in total. The Bertz CT molecular complexity index is 238. The van der Waals surface area contributed by atoms with Gasteiger partial charge in [-0.15, -0.1) is 0 Å². The van der Waals surface area contributed by atoms with E-state index in [2.05, 4.69) is 6.58 Å². The van der Waals surface area contributed by atoms with Crippen LogP contribution in [0, 0.1) is 17.3 Å². The highest BCUT2D eigenvalue weighted by Crippen LogP contribution is 2.58. The minimum atomic E-state index is -0.696. The van der Waals surface area contributed by atoms with Gasteiger partial charge in [-0.2, -0.15) is 0 Å². The van der Waals surface area contributed by atoms with Gasteiger partial charge < -0.3 is 5.11 Å². The van der Waals surface area contributed by atoms with Gasteiger partial charge in [-0.05, 0) is 11.3 Å². The Morgan fingerprint density at radius 1 is 1.58 bits per heavy atom. The molecule has 0 bridgehead atoms. The van der Waals surface area contributed by atoms with Crippen LogP contribution in [0.25, 0.3) is 0 Å². The number of aliphatic carboxylic acids is 1. The van der Waals surface area contributed by atoms with Crippen molar-refractivity contribution in [3.05, 3.63) is 24.8 Å². The van der Waals surface area contributed by atoms with Crippen LogP contribution in [0.4, 0.5) is 0 Å². The number of allylic oxidation sites excluding steroid dienone is 3. The molecule has 2 heteroatoms. The van der Waals surface area contributed by atoms with Crippen molar-refractivity contribution in [2.45, 2.75) is 13.8 Å². The maximum atomic E-state index is 10.7. The molecule has 0 aromatic rings. The Hall–Kier alpha value is -1.05. The van der Waals surface area contributed by atoms with Gasteiger partial charge in [-0.3, -0.25) is 4.79 Å². The molecule has 1 fully saturated rings. The molecule has 12 heavy (non-hydrogen) atoms. The fraction of sp³-hybridized carbons (Fsp3) is 0.500.